The average molecular weight is 334 g/mol. The number of methoxy groups -OCH3 is 2. The maximum atomic E-state index is 12.6. The lowest BCUT2D eigenvalue weighted by atomic mass is 9.70. The summed E-state index contributed by atoms with van der Waals surface area (Å²) in [6.45, 7) is 2.75. The molecule has 24 heavy (non-hydrogen) atoms. The summed E-state index contributed by atoms with van der Waals surface area (Å²) in [5.41, 5.74) is 2.33. The highest BCUT2D eigenvalue weighted by atomic mass is 16.5. The zero-order valence-corrected chi connectivity index (χ0v) is 14.9. The third-order valence-electron chi connectivity index (χ3n) is 5.14. The number of hydrogen-bond acceptors (Lipinski definition) is 4. The highest BCUT2D eigenvalue weighted by Gasteiger charge is 2.43. The van der Waals surface area contributed by atoms with Crippen LogP contribution in [0.5, 0.6) is 11.5 Å². The first kappa shape index (κ1) is 16.9. The van der Waals surface area contributed by atoms with Crippen LogP contribution in [0.15, 0.2) is 12.1 Å². The molecule has 1 spiro atoms. The Balaban J connectivity index is 2.08. The molecular weight excluding hydrogens is 308 g/mol. The molecule has 132 valence electrons. The second-order valence-electron chi connectivity index (χ2n) is 6.79. The van der Waals surface area contributed by atoms with Gasteiger partial charge < -0.3 is 24.0 Å². The third kappa shape index (κ3) is 2.79. The molecule has 1 saturated heterocycles. The smallest absolute Gasteiger partial charge is 0.319 e. The van der Waals surface area contributed by atoms with Crippen molar-refractivity contribution in [3.05, 3.63) is 23.3 Å². The van der Waals surface area contributed by atoms with Gasteiger partial charge in [0.2, 0.25) is 0 Å². The van der Waals surface area contributed by atoms with Gasteiger partial charge in [0.1, 0.15) is 0 Å². The van der Waals surface area contributed by atoms with Crippen molar-refractivity contribution in [2.75, 3.05) is 48.1 Å². The van der Waals surface area contributed by atoms with Crippen LogP contribution in [0.3, 0.4) is 0 Å². The van der Waals surface area contributed by atoms with Gasteiger partial charge in [0, 0.05) is 45.8 Å². The Hall–Kier alpha value is -1.95. The van der Waals surface area contributed by atoms with E-state index in [1.54, 1.807) is 33.2 Å². The van der Waals surface area contributed by atoms with Crippen molar-refractivity contribution in [3.8, 4) is 11.5 Å². The summed E-state index contributed by atoms with van der Waals surface area (Å²) in [6, 6.07) is 4.15. The SMILES string of the molecule is COc1cc2c(cc1OC)C1(CCOCC1)CN(C(=O)N(C)C)C2. The summed E-state index contributed by atoms with van der Waals surface area (Å²) in [5, 5.41) is 0. The van der Waals surface area contributed by atoms with Crippen molar-refractivity contribution in [2.24, 2.45) is 0 Å². The number of carbonyl (C=O) groups excluding carboxylic acids is 1. The summed E-state index contributed by atoms with van der Waals surface area (Å²) in [5.74, 6) is 1.45. The molecule has 0 aromatic heterocycles. The fourth-order valence-corrected chi connectivity index (χ4v) is 3.87. The lowest BCUT2D eigenvalue weighted by molar-refractivity contribution is 0.0297. The molecule has 0 unspecified atom stereocenters. The number of amides is 2. The van der Waals surface area contributed by atoms with Crippen LogP contribution in [0, 0.1) is 0 Å². The van der Waals surface area contributed by atoms with Gasteiger partial charge in [-0.3, -0.25) is 0 Å². The summed E-state index contributed by atoms with van der Waals surface area (Å²) >= 11 is 0. The van der Waals surface area contributed by atoms with Crippen LogP contribution in [-0.2, 0) is 16.7 Å². The Kier molecular flexibility index (Phi) is 4.58. The standard InChI is InChI=1S/C18H26N2O4/c1-19(2)17(21)20-11-13-9-15(22-3)16(23-4)10-14(13)18(12-20)5-7-24-8-6-18/h9-10H,5-8,11-12H2,1-4H3. The molecule has 2 aliphatic heterocycles. The molecule has 0 bridgehead atoms. The number of benzene rings is 1. The molecule has 1 fully saturated rings. The van der Waals surface area contributed by atoms with Crippen molar-refractivity contribution in [3.63, 3.8) is 0 Å². The van der Waals surface area contributed by atoms with E-state index in [1.807, 2.05) is 11.0 Å². The van der Waals surface area contributed by atoms with Crippen molar-refractivity contribution in [1.29, 1.82) is 0 Å². The lowest BCUT2D eigenvalue weighted by Gasteiger charge is -2.47. The van der Waals surface area contributed by atoms with Gasteiger partial charge in [-0.05, 0) is 36.1 Å². The van der Waals surface area contributed by atoms with Gasteiger partial charge in [-0.1, -0.05) is 0 Å². The third-order valence-corrected chi connectivity index (χ3v) is 5.14. The predicted molar refractivity (Wildman–Crippen MR) is 90.8 cm³/mol. The van der Waals surface area contributed by atoms with Crippen LogP contribution in [0.1, 0.15) is 24.0 Å². The first-order valence-electron chi connectivity index (χ1n) is 8.30. The van der Waals surface area contributed by atoms with Crippen molar-refractivity contribution < 1.29 is 19.0 Å². The van der Waals surface area contributed by atoms with Gasteiger partial charge in [0.15, 0.2) is 11.5 Å². The minimum Gasteiger partial charge on any atom is -0.493 e. The van der Waals surface area contributed by atoms with Crippen LogP contribution in [0.25, 0.3) is 0 Å². The van der Waals surface area contributed by atoms with E-state index in [0.29, 0.717) is 12.3 Å². The Labute approximate surface area is 143 Å². The van der Waals surface area contributed by atoms with Crippen molar-refractivity contribution in [1.82, 2.24) is 9.80 Å². The topological polar surface area (TPSA) is 51.2 Å². The van der Waals surface area contributed by atoms with Crippen LogP contribution >= 0.6 is 0 Å². The number of nitrogens with zero attached hydrogens (tertiary/aromatic N) is 2. The summed E-state index contributed by atoms with van der Waals surface area (Å²) in [6.07, 6.45) is 1.82. The van der Waals surface area contributed by atoms with E-state index in [9.17, 15) is 4.79 Å². The predicted octanol–water partition coefficient (Wildman–Crippen LogP) is 2.25. The Bertz CT molecular complexity index is 624. The summed E-state index contributed by atoms with van der Waals surface area (Å²) in [4.78, 5) is 16.1. The minimum atomic E-state index is -0.0724. The quantitative estimate of drug-likeness (QED) is 0.832. The molecule has 2 aliphatic rings. The normalized spacial score (nSPS) is 18.9. The monoisotopic (exact) mass is 334 g/mol. The first-order chi connectivity index (χ1) is 11.5. The fourth-order valence-electron chi connectivity index (χ4n) is 3.87. The molecule has 6 nitrogen and oxygen atoms in total. The zero-order valence-electron chi connectivity index (χ0n) is 14.9. The van der Waals surface area contributed by atoms with Crippen molar-refractivity contribution >= 4 is 6.03 Å². The lowest BCUT2D eigenvalue weighted by Crippen LogP contribution is -2.52. The number of fused-ring (bicyclic) bond motifs is 2. The summed E-state index contributed by atoms with van der Waals surface area (Å²) in [7, 11) is 6.89. The molecule has 0 radical (unpaired) electrons. The van der Waals surface area contributed by atoms with E-state index >= 15 is 0 Å². The highest BCUT2D eigenvalue weighted by molar-refractivity contribution is 5.74. The number of hydrogen-bond donors (Lipinski definition) is 0. The molecule has 2 heterocycles. The second kappa shape index (κ2) is 6.51. The van der Waals surface area contributed by atoms with Gasteiger partial charge in [0.25, 0.3) is 0 Å². The van der Waals surface area contributed by atoms with Gasteiger partial charge in [-0.2, -0.15) is 0 Å². The zero-order chi connectivity index (χ0) is 17.3. The van der Waals surface area contributed by atoms with E-state index < -0.39 is 0 Å². The molecule has 0 aliphatic carbocycles. The Morgan fingerprint density at radius 2 is 1.79 bits per heavy atom. The first-order valence-corrected chi connectivity index (χ1v) is 8.30. The molecule has 1 aromatic rings. The van der Waals surface area contributed by atoms with E-state index in [1.165, 1.54) is 5.56 Å². The molecule has 3 rings (SSSR count). The van der Waals surface area contributed by atoms with Crippen LogP contribution in [0.2, 0.25) is 0 Å². The number of urea groups is 1. The number of carbonyl (C=O) groups is 1. The number of rotatable bonds is 2. The minimum absolute atomic E-state index is 0.0429. The largest absolute Gasteiger partial charge is 0.493 e. The Morgan fingerprint density at radius 3 is 2.38 bits per heavy atom. The molecule has 6 heteroatoms. The molecule has 1 aromatic carbocycles. The number of ether oxygens (including phenoxy) is 3. The molecular formula is C18H26N2O4. The second-order valence-corrected chi connectivity index (χ2v) is 6.79. The van der Waals surface area contributed by atoms with Crippen LogP contribution < -0.4 is 9.47 Å². The molecule has 2 amide bonds. The molecule has 0 N–H and O–H groups in total. The maximum absolute atomic E-state index is 12.6. The molecule has 0 atom stereocenters. The maximum Gasteiger partial charge on any atom is 0.319 e. The van der Waals surface area contributed by atoms with Gasteiger partial charge in [0.05, 0.1) is 14.2 Å². The summed E-state index contributed by atoms with van der Waals surface area (Å²) < 4.78 is 16.5. The van der Waals surface area contributed by atoms with Gasteiger partial charge in [-0.25, -0.2) is 4.79 Å². The van der Waals surface area contributed by atoms with Crippen LogP contribution in [0.4, 0.5) is 4.79 Å². The Morgan fingerprint density at radius 1 is 1.17 bits per heavy atom. The van der Waals surface area contributed by atoms with Gasteiger partial charge >= 0.3 is 6.03 Å². The van der Waals surface area contributed by atoms with Crippen LogP contribution in [-0.4, -0.2) is 63.9 Å². The fraction of sp³-hybridized carbons (Fsp3) is 0.611. The van der Waals surface area contributed by atoms with E-state index in [4.69, 9.17) is 14.2 Å². The van der Waals surface area contributed by atoms with E-state index in [0.717, 1.165) is 43.9 Å². The molecule has 0 saturated carbocycles. The van der Waals surface area contributed by atoms with Crippen molar-refractivity contribution in [2.45, 2.75) is 24.8 Å². The average Bonchev–Trinajstić information content (AvgIpc) is 2.60. The highest BCUT2D eigenvalue weighted by Crippen LogP contribution is 2.45. The van der Waals surface area contributed by atoms with Gasteiger partial charge in [-0.15, -0.1) is 0 Å². The van der Waals surface area contributed by atoms with E-state index in [2.05, 4.69) is 6.07 Å². The van der Waals surface area contributed by atoms with E-state index in [-0.39, 0.29) is 11.4 Å².